The standard InChI is InChI=1S/C21H20Cl2NO4P/c1-2-15-26-19-13-7-18(8-14-19)24-29(25,27-20-9-3-16(22)4-10-20)28-21-11-5-17(23)6-12-21/h3-14H,2,15H2,1H3,(H,24,25). The van der Waals surface area contributed by atoms with Crippen LogP contribution in [0.15, 0.2) is 72.8 Å². The summed E-state index contributed by atoms with van der Waals surface area (Å²) in [4.78, 5) is 0. The quantitative estimate of drug-likeness (QED) is 0.342. The number of hydrogen-bond acceptors (Lipinski definition) is 4. The molecule has 3 aromatic rings. The third kappa shape index (κ3) is 6.60. The third-order valence-corrected chi connectivity index (χ3v) is 5.61. The molecule has 0 bridgehead atoms. The predicted octanol–water partition coefficient (Wildman–Crippen LogP) is 7.46. The van der Waals surface area contributed by atoms with Crippen molar-refractivity contribution in [1.29, 1.82) is 0 Å². The van der Waals surface area contributed by atoms with Crippen LogP contribution in [0.2, 0.25) is 10.0 Å². The van der Waals surface area contributed by atoms with Gasteiger partial charge in [0.15, 0.2) is 0 Å². The van der Waals surface area contributed by atoms with E-state index in [4.69, 9.17) is 37.0 Å². The summed E-state index contributed by atoms with van der Waals surface area (Å²) in [5, 5.41) is 3.94. The van der Waals surface area contributed by atoms with Crippen molar-refractivity contribution in [3.63, 3.8) is 0 Å². The van der Waals surface area contributed by atoms with Gasteiger partial charge in [0.2, 0.25) is 0 Å². The van der Waals surface area contributed by atoms with Gasteiger partial charge in [-0.1, -0.05) is 30.1 Å². The van der Waals surface area contributed by atoms with Crippen LogP contribution in [-0.2, 0) is 4.57 Å². The van der Waals surface area contributed by atoms with Crippen molar-refractivity contribution in [2.24, 2.45) is 0 Å². The van der Waals surface area contributed by atoms with E-state index in [1.54, 1.807) is 72.8 Å². The molecule has 3 aromatic carbocycles. The highest BCUT2D eigenvalue weighted by Crippen LogP contribution is 2.48. The van der Waals surface area contributed by atoms with Gasteiger partial charge in [0, 0.05) is 15.7 Å². The van der Waals surface area contributed by atoms with Gasteiger partial charge in [-0.25, -0.2) is 4.57 Å². The number of halogens is 2. The molecule has 0 unspecified atom stereocenters. The van der Waals surface area contributed by atoms with Crippen LogP contribution in [0.4, 0.5) is 5.69 Å². The van der Waals surface area contributed by atoms with E-state index in [2.05, 4.69) is 5.09 Å². The summed E-state index contributed by atoms with van der Waals surface area (Å²) in [5.41, 5.74) is 0.556. The Kier molecular flexibility index (Phi) is 7.32. The zero-order valence-corrected chi connectivity index (χ0v) is 18.1. The average Bonchev–Trinajstić information content (AvgIpc) is 2.71. The molecule has 8 heteroatoms. The molecule has 3 rings (SSSR count). The second kappa shape index (κ2) is 9.93. The number of ether oxygens (including phenoxy) is 1. The minimum absolute atomic E-state index is 0.349. The molecule has 0 radical (unpaired) electrons. The van der Waals surface area contributed by atoms with Gasteiger partial charge in [0.05, 0.1) is 6.61 Å². The first-order chi connectivity index (χ1) is 14.0. The summed E-state index contributed by atoms with van der Waals surface area (Å²) in [6, 6.07) is 20.1. The Morgan fingerprint density at radius 2 is 1.21 bits per heavy atom. The minimum Gasteiger partial charge on any atom is -0.494 e. The molecule has 0 aliphatic rings. The maximum absolute atomic E-state index is 13.5. The van der Waals surface area contributed by atoms with Crippen molar-refractivity contribution in [3.05, 3.63) is 82.8 Å². The largest absolute Gasteiger partial charge is 0.541 e. The van der Waals surface area contributed by atoms with Crippen LogP contribution < -0.4 is 18.9 Å². The normalized spacial score (nSPS) is 11.0. The van der Waals surface area contributed by atoms with Gasteiger partial charge in [0.1, 0.15) is 17.2 Å². The van der Waals surface area contributed by atoms with Crippen molar-refractivity contribution in [2.75, 3.05) is 11.7 Å². The summed E-state index contributed by atoms with van der Waals surface area (Å²) in [7, 11) is -3.83. The lowest BCUT2D eigenvalue weighted by Gasteiger charge is -2.21. The first-order valence-electron chi connectivity index (χ1n) is 8.97. The lowest BCUT2D eigenvalue weighted by molar-refractivity contribution is 0.317. The van der Waals surface area contributed by atoms with Crippen molar-refractivity contribution in [2.45, 2.75) is 13.3 Å². The molecular weight excluding hydrogens is 432 g/mol. The van der Waals surface area contributed by atoms with E-state index in [-0.39, 0.29) is 0 Å². The summed E-state index contributed by atoms with van der Waals surface area (Å²) < 4.78 is 30.4. The lowest BCUT2D eigenvalue weighted by atomic mass is 10.3. The maximum Gasteiger partial charge on any atom is 0.541 e. The number of benzene rings is 3. The number of hydrogen-bond donors (Lipinski definition) is 1. The Bertz CT molecular complexity index is 912. The zero-order valence-electron chi connectivity index (χ0n) is 15.7. The van der Waals surface area contributed by atoms with Crippen molar-refractivity contribution in [3.8, 4) is 17.2 Å². The highest BCUT2D eigenvalue weighted by Gasteiger charge is 2.29. The Hall–Kier alpha value is -2.33. The monoisotopic (exact) mass is 451 g/mol. The zero-order chi connectivity index (χ0) is 20.7. The summed E-state index contributed by atoms with van der Waals surface area (Å²) in [5.74, 6) is 1.42. The summed E-state index contributed by atoms with van der Waals surface area (Å²) in [6.45, 7) is 2.67. The SMILES string of the molecule is CCCOc1ccc(NP(=O)(Oc2ccc(Cl)cc2)Oc2ccc(Cl)cc2)cc1. The van der Waals surface area contributed by atoms with Gasteiger partial charge >= 0.3 is 7.75 Å². The molecule has 0 atom stereocenters. The van der Waals surface area contributed by atoms with Crippen LogP contribution in [-0.4, -0.2) is 6.61 Å². The van der Waals surface area contributed by atoms with Crippen LogP contribution in [0, 0.1) is 0 Å². The molecule has 0 amide bonds. The molecule has 152 valence electrons. The van der Waals surface area contributed by atoms with Crippen LogP contribution in [0.25, 0.3) is 0 Å². The Labute approximate surface area is 180 Å². The van der Waals surface area contributed by atoms with E-state index in [9.17, 15) is 4.57 Å². The van der Waals surface area contributed by atoms with Crippen LogP contribution in [0.3, 0.4) is 0 Å². The second-order valence-corrected chi connectivity index (χ2v) is 8.53. The molecule has 5 nitrogen and oxygen atoms in total. The Morgan fingerprint density at radius 3 is 1.66 bits per heavy atom. The fraction of sp³-hybridized carbons (Fsp3) is 0.143. The summed E-state index contributed by atoms with van der Waals surface area (Å²) in [6.07, 6.45) is 0.916. The highest BCUT2D eigenvalue weighted by molar-refractivity contribution is 7.56. The van der Waals surface area contributed by atoms with Gasteiger partial charge in [-0.2, -0.15) is 0 Å². The van der Waals surface area contributed by atoms with Crippen LogP contribution >= 0.6 is 30.9 Å². The topological polar surface area (TPSA) is 56.8 Å². The van der Waals surface area contributed by atoms with E-state index < -0.39 is 7.75 Å². The molecule has 0 saturated carbocycles. The van der Waals surface area contributed by atoms with Crippen molar-refractivity contribution < 1.29 is 18.3 Å². The Balaban J connectivity index is 1.82. The molecule has 0 aliphatic heterocycles. The molecule has 0 fully saturated rings. The molecule has 0 spiro atoms. The van der Waals surface area contributed by atoms with Crippen LogP contribution in [0.1, 0.15) is 13.3 Å². The highest BCUT2D eigenvalue weighted by atomic mass is 35.5. The van der Waals surface area contributed by atoms with E-state index in [1.807, 2.05) is 6.92 Å². The fourth-order valence-electron chi connectivity index (χ4n) is 2.34. The number of anilines is 1. The second-order valence-electron chi connectivity index (χ2n) is 6.07. The van der Waals surface area contributed by atoms with E-state index in [0.717, 1.165) is 12.2 Å². The van der Waals surface area contributed by atoms with Gasteiger partial charge in [-0.15, -0.1) is 0 Å². The van der Waals surface area contributed by atoms with E-state index in [0.29, 0.717) is 33.8 Å². The molecular formula is C21H20Cl2NO4P. The number of rotatable bonds is 9. The van der Waals surface area contributed by atoms with E-state index >= 15 is 0 Å². The van der Waals surface area contributed by atoms with Gasteiger partial charge < -0.3 is 13.8 Å². The lowest BCUT2D eigenvalue weighted by Crippen LogP contribution is -2.10. The minimum atomic E-state index is -3.83. The van der Waals surface area contributed by atoms with Gasteiger partial charge in [0.25, 0.3) is 0 Å². The van der Waals surface area contributed by atoms with Crippen molar-refractivity contribution >= 4 is 36.6 Å². The average molecular weight is 452 g/mol. The molecule has 0 saturated heterocycles. The fourth-order valence-corrected chi connectivity index (χ4v) is 3.98. The smallest absolute Gasteiger partial charge is 0.494 e. The molecule has 0 heterocycles. The van der Waals surface area contributed by atoms with Gasteiger partial charge in [-0.3, -0.25) is 5.09 Å². The first-order valence-corrected chi connectivity index (χ1v) is 11.3. The molecule has 0 aliphatic carbocycles. The Morgan fingerprint density at radius 1 is 0.759 bits per heavy atom. The molecule has 0 aromatic heterocycles. The summed E-state index contributed by atoms with van der Waals surface area (Å²) >= 11 is 11.8. The van der Waals surface area contributed by atoms with E-state index in [1.165, 1.54) is 0 Å². The maximum atomic E-state index is 13.5. The first kappa shape index (κ1) is 21.4. The van der Waals surface area contributed by atoms with Crippen molar-refractivity contribution in [1.82, 2.24) is 0 Å². The van der Waals surface area contributed by atoms with Crippen LogP contribution in [0.5, 0.6) is 17.2 Å². The molecule has 29 heavy (non-hydrogen) atoms. The van der Waals surface area contributed by atoms with Gasteiger partial charge in [-0.05, 0) is 79.2 Å². The number of nitrogens with one attached hydrogen (secondary N) is 1. The third-order valence-electron chi connectivity index (χ3n) is 3.67. The molecule has 1 N–H and O–H groups in total. The predicted molar refractivity (Wildman–Crippen MR) is 118 cm³/mol.